The SMILES string of the molecule is Cc1ccn(CC(=O)N2CCC[C@H](N3CCN(Cc4ccc5c(c4)OCO5)CC3)C2)n1. The van der Waals surface area contributed by atoms with Crippen molar-refractivity contribution >= 4 is 5.91 Å². The zero-order chi connectivity index (χ0) is 21.2. The maximum Gasteiger partial charge on any atom is 0.244 e. The molecule has 0 N–H and O–H groups in total. The summed E-state index contributed by atoms with van der Waals surface area (Å²) < 4.78 is 12.7. The van der Waals surface area contributed by atoms with Crippen LogP contribution in [0.15, 0.2) is 30.5 Å². The van der Waals surface area contributed by atoms with Gasteiger partial charge in [0.25, 0.3) is 0 Å². The van der Waals surface area contributed by atoms with Crippen molar-refractivity contribution in [2.24, 2.45) is 0 Å². The second-order valence-electron chi connectivity index (χ2n) is 8.79. The van der Waals surface area contributed by atoms with Crippen molar-refractivity contribution in [2.45, 2.75) is 38.9 Å². The maximum absolute atomic E-state index is 12.8. The Bertz CT molecular complexity index is 922. The van der Waals surface area contributed by atoms with E-state index < -0.39 is 0 Å². The number of piperidine rings is 1. The van der Waals surface area contributed by atoms with Crippen LogP contribution in [0.4, 0.5) is 0 Å². The standard InChI is InChI=1S/C23H31N5O3/c1-18-6-8-28(24-18)16-23(29)27-7-2-3-20(15-27)26-11-9-25(10-12-26)14-19-4-5-21-22(13-19)31-17-30-21/h4-6,8,13,20H,2-3,7,9-12,14-17H2,1H3/t20-/m0/s1. The molecule has 1 amide bonds. The summed E-state index contributed by atoms with van der Waals surface area (Å²) in [5, 5.41) is 4.35. The average Bonchev–Trinajstić information content (AvgIpc) is 3.42. The molecule has 0 aliphatic carbocycles. The molecule has 3 aliphatic heterocycles. The normalized spacial score (nSPS) is 22.1. The number of hydrogen-bond acceptors (Lipinski definition) is 6. The number of hydrogen-bond donors (Lipinski definition) is 0. The van der Waals surface area contributed by atoms with Crippen LogP contribution in [0.2, 0.25) is 0 Å². The summed E-state index contributed by atoms with van der Waals surface area (Å²) in [4.78, 5) is 19.9. The lowest BCUT2D eigenvalue weighted by Gasteiger charge is -2.43. The van der Waals surface area contributed by atoms with Crippen LogP contribution in [0.25, 0.3) is 0 Å². The van der Waals surface area contributed by atoms with Gasteiger partial charge >= 0.3 is 0 Å². The molecule has 8 heteroatoms. The molecule has 2 fully saturated rings. The van der Waals surface area contributed by atoms with Crippen LogP contribution in [-0.2, 0) is 17.9 Å². The summed E-state index contributed by atoms with van der Waals surface area (Å²) in [6, 6.07) is 8.64. The number of amides is 1. The summed E-state index contributed by atoms with van der Waals surface area (Å²) in [7, 11) is 0. The van der Waals surface area contributed by atoms with E-state index in [9.17, 15) is 4.79 Å². The highest BCUT2D eigenvalue weighted by atomic mass is 16.7. The first-order valence-electron chi connectivity index (χ1n) is 11.3. The number of carbonyl (C=O) groups is 1. The number of aromatic nitrogens is 2. The van der Waals surface area contributed by atoms with Crippen LogP contribution in [0, 0.1) is 6.92 Å². The highest BCUT2D eigenvalue weighted by Gasteiger charge is 2.30. The summed E-state index contributed by atoms with van der Waals surface area (Å²) in [5.74, 6) is 1.87. The fraction of sp³-hybridized carbons (Fsp3) is 0.565. The van der Waals surface area contributed by atoms with Crippen molar-refractivity contribution in [3.05, 3.63) is 41.7 Å². The third-order valence-electron chi connectivity index (χ3n) is 6.59. The molecular formula is C23H31N5O3. The topological polar surface area (TPSA) is 63.1 Å². The zero-order valence-corrected chi connectivity index (χ0v) is 18.2. The van der Waals surface area contributed by atoms with Crippen molar-refractivity contribution in [3.8, 4) is 11.5 Å². The summed E-state index contributed by atoms with van der Waals surface area (Å²) in [6.07, 6.45) is 4.13. The fourth-order valence-electron chi connectivity index (χ4n) is 4.85. The van der Waals surface area contributed by atoms with Crippen molar-refractivity contribution in [3.63, 3.8) is 0 Å². The first-order chi connectivity index (χ1) is 15.1. The number of carbonyl (C=O) groups excluding carboxylic acids is 1. The average molecular weight is 426 g/mol. The number of ether oxygens (including phenoxy) is 2. The molecule has 2 aromatic rings. The van der Waals surface area contributed by atoms with Gasteiger partial charge in [0.2, 0.25) is 12.7 Å². The molecule has 5 rings (SSSR count). The number of fused-ring (bicyclic) bond motifs is 1. The Labute approximate surface area is 183 Å². The quantitative estimate of drug-likeness (QED) is 0.727. The van der Waals surface area contributed by atoms with Crippen LogP contribution in [-0.4, -0.2) is 82.5 Å². The van der Waals surface area contributed by atoms with E-state index in [1.165, 1.54) is 12.0 Å². The molecule has 8 nitrogen and oxygen atoms in total. The molecule has 0 radical (unpaired) electrons. The van der Waals surface area contributed by atoms with Crippen LogP contribution >= 0.6 is 0 Å². The van der Waals surface area contributed by atoms with Gasteiger partial charge in [-0.25, -0.2) is 0 Å². The lowest BCUT2D eigenvalue weighted by Crippen LogP contribution is -2.55. The lowest BCUT2D eigenvalue weighted by atomic mass is 10.0. The van der Waals surface area contributed by atoms with Gasteiger partial charge in [0.05, 0.1) is 5.69 Å². The van der Waals surface area contributed by atoms with E-state index in [2.05, 4.69) is 27.0 Å². The molecule has 166 valence electrons. The second kappa shape index (κ2) is 8.88. The minimum absolute atomic E-state index is 0.175. The van der Waals surface area contributed by atoms with Gasteiger partial charge in [-0.15, -0.1) is 0 Å². The number of piperazine rings is 1. The van der Waals surface area contributed by atoms with E-state index in [1.807, 2.05) is 30.2 Å². The first-order valence-corrected chi connectivity index (χ1v) is 11.3. The third-order valence-corrected chi connectivity index (χ3v) is 6.59. The van der Waals surface area contributed by atoms with E-state index in [4.69, 9.17) is 9.47 Å². The summed E-state index contributed by atoms with van der Waals surface area (Å²) >= 11 is 0. The Balaban J connectivity index is 1.11. The molecule has 31 heavy (non-hydrogen) atoms. The van der Waals surface area contributed by atoms with E-state index in [0.717, 1.165) is 69.4 Å². The zero-order valence-electron chi connectivity index (χ0n) is 18.2. The Hall–Kier alpha value is -2.58. The molecule has 0 unspecified atom stereocenters. The van der Waals surface area contributed by atoms with E-state index >= 15 is 0 Å². The van der Waals surface area contributed by atoms with Crippen LogP contribution < -0.4 is 9.47 Å². The summed E-state index contributed by atoms with van der Waals surface area (Å²) in [6.45, 7) is 9.43. The molecular weight excluding hydrogens is 394 g/mol. The van der Waals surface area contributed by atoms with Crippen molar-refractivity contribution in [1.82, 2.24) is 24.5 Å². The van der Waals surface area contributed by atoms with Gasteiger partial charge in [-0.05, 0) is 43.5 Å². The Morgan fingerprint density at radius 1 is 1.10 bits per heavy atom. The van der Waals surface area contributed by atoms with Gasteiger partial charge in [-0.3, -0.25) is 19.3 Å². The van der Waals surface area contributed by atoms with E-state index in [1.54, 1.807) is 4.68 Å². The van der Waals surface area contributed by atoms with Gasteiger partial charge in [0.1, 0.15) is 6.54 Å². The largest absolute Gasteiger partial charge is 0.454 e. The predicted octanol–water partition coefficient (Wildman–Crippen LogP) is 1.73. The van der Waals surface area contributed by atoms with E-state index in [-0.39, 0.29) is 5.91 Å². The predicted molar refractivity (Wildman–Crippen MR) is 116 cm³/mol. The Morgan fingerprint density at radius 2 is 1.94 bits per heavy atom. The molecule has 1 aromatic carbocycles. The number of nitrogens with zero attached hydrogens (tertiary/aromatic N) is 5. The Morgan fingerprint density at radius 3 is 2.74 bits per heavy atom. The third kappa shape index (κ3) is 4.70. The first kappa shape index (κ1) is 20.3. The number of rotatable bonds is 5. The lowest BCUT2D eigenvalue weighted by molar-refractivity contribution is -0.134. The summed E-state index contributed by atoms with van der Waals surface area (Å²) in [5.41, 5.74) is 2.21. The second-order valence-corrected chi connectivity index (χ2v) is 8.79. The van der Waals surface area contributed by atoms with Crippen LogP contribution in [0.3, 0.4) is 0 Å². The number of aryl methyl sites for hydroxylation is 1. The molecule has 0 saturated carbocycles. The van der Waals surface area contributed by atoms with Crippen molar-refractivity contribution in [2.75, 3.05) is 46.1 Å². The molecule has 1 aromatic heterocycles. The highest BCUT2D eigenvalue weighted by Crippen LogP contribution is 2.33. The fourth-order valence-corrected chi connectivity index (χ4v) is 4.85. The molecule has 1 atom stereocenters. The van der Waals surface area contributed by atoms with Gasteiger partial charge in [0, 0.05) is 58.1 Å². The van der Waals surface area contributed by atoms with Crippen LogP contribution in [0.1, 0.15) is 24.1 Å². The molecule has 0 bridgehead atoms. The monoisotopic (exact) mass is 425 g/mol. The molecule has 2 saturated heterocycles. The van der Waals surface area contributed by atoms with Gasteiger partial charge in [-0.1, -0.05) is 6.07 Å². The minimum Gasteiger partial charge on any atom is -0.454 e. The van der Waals surface area contributed by atoms with Crippen molar-refractivity contribution < 1.29 is 14.3 Å². The van der Waals surface area contributed by atoms with Gasteiger partial charge in [-0.2, -0.15) is 5.10 Å². The number of benzene rings is 1. The maximum atomic E-state index is 12.8. The smallest absolute Gasteiger partial charge is 0.244 e. The van der Waals surface area contributed by atoms with Crippen LogP contribution in [0.5, 0.6) is 11.5 Å². The molecule has 0 spiro atoms. The van der Waals surface area contributed by atoms with E-state index in [0.29, 0.717) is 19.4 Å². The number of likely N-dealkylation sites (tertiary alicyclic amines) is 1. The van der Waals surface area contributed by atoms with Crippen molar-refractivity contribution in [1.29, 1.82) is 0 Å². The highest BCUT2D eigenvalue weighted by molar-refractivity contribution is 5.76. The molecule has 3 aliphatic rings. The Kier molecular flexibility index (Phi) is 5.82. The molecule has 4 heterocycles. The minimum atomic E-state index is 0.175. The van der Waals surface area contributed by atoms with Gasteiger partial charge in [0.15, 0.2) is 11.5 Å². The van der Waals surface area contributed by atoms with Gasteiger partial charge < -0.3 is 14.4 Å².